The van der Waals surface area contributed by atoms with Gasteiger partial charge in [0.2, 0.25) is 5.90 Å². The second-order valence-corrected chi connectivity index (χ2v) is 7.32. The van der Waals surface area contributed by atoms with E-state index in [0.29, 0.717) is 23.6 Å². The molecule has 0 bridgehead atoms. The highest BCUT2D eigenvalue weighted by Gasteiger charge is 2.23. The van der Waals surface area contributed by atoms with E-state index in [2.05, 4.69) is 4.99 Å². The third kappa shape index (κ3) is 3.93. The van der Waals surface area contributed by atoms with Crippen molar-refractivity contribution in [3.8, 4) is 16.9 Å². The number of hydrogen-bond donors (Lipinski definition) is 0. The molecule has 0 amide bonds. The Morgan fingerprint density at radius 3 is 2.42 bits per heavy atom. The molecule has 0 radical (unpaired) electrons. The molecule has 0 saturated carbocycles. The van der Waals surface area contributed by atoms with Crippen molar-refractivity contribution in [3.63, 3.8) is 0 Å². The molecule has 0 N–H and O–H groups in total. The average Bonchev–Trinajstić information content (AvgIpc) is 2.73. The first-order valence-electron chi connectivity index (χ1n) is 9.92. The van der Waals surface area contributed by atoms with Crippen molar-refractivity contribution < 1.29 is 17.9 Å². The Labute approximate surface area is 179 Å². The number of benzene rings is 3. The molecule has 158 valence electrons. The Kier molecular flexibility index (Phi) is 5.55. The van der Waals surface area contributed by atoms with Gasteiger partial charge in [-0.3, -0.25) is 0 Å². The van der Waals surface area contributed by atoms with Gasteiger partial charge in [-0.25, -0.2) is 18.2 Å². The fourth-order valence-corrected chi connectivity index (χ4v) is 3.49. The van der Waals surface area contributed by atoms with Gasteiger partial charge in [0.05, 0.1) is 0 Å². The summed E-state index contributed by atoms with van der Waals surface area (Å²) in [5.41, 5.74) is 3.45. The number of ether oxygens (including phenoxy) is 1. The zero-order valence-electron chi connectivity index (χ0n) is 17.4. The maximum absolute atomic E-state index is 15.3. The molecule has 6 heteroatoms. The minimum Gasteiger partial charge on any atom is -0.436 e. The normalized spacial score (nSPS) is 12.7. The predicted molar refractivity (Wildman–Crippen MR) is 117 cm³/mol. The lowest BCUT2D eigenvalue weighted by Gasteiger charge is -2.25. The number of hydrogen-bond acceptors (Lipinski definition) is 3. The molecule has 0 unspecified atom stereocenters. The van der Waals surface area contributed by atoms with Crippen molar-refractivity contribution in [2.45, 2.75) is 20.3 Å². The first-order chi connectivity index (χ1) is 14.9. The van der Waals surface area contributed by atoms with Crippen LogP contribution in [0.15, 0.2) is 71.4 Å². The average molecular weight is 422 g/mol. The van der Waals surface area contributed by atoms with Crippen LogP contribution in [0, 0.1) is 24.4 Å². The molecule has 0 spiro atoms. The van der Waals surface area contributed by atoms with Crippen LogP contribution in [-0.4, -0.2) is 12.9 Å². The van der Waals surface area contributed by atoms with Crippen molar-refractivity contribution in [2.75, 3.05) is 11.9 Å². The fraction of sp³-hybridized carbons (Fsp3) is 0.160. The number of rotatable bonds is 5. The van der Waals surface area contributed by atoms with Gasteiger partial charge in [-0.05, 0) is 60.4 Å². The molecule has 3 nitrogen and oxygen atoms in total. The Morgan fingerprint density at radius 2 is 1.74 bits per heavy atom. The summed E-state index contributed by atoms with van der Waals surface area (Å²) in [7, 11) is 1.58. The summed E-state index contributed by atoms with van der Waals surface area (Å²) in [6.07, 6.45) is 2.37. The number of aliphatic imine (C=N–C) groups is 1. The number of aryl methyl sites for hydroxylation is 1. The Hall–Kier alpha value is -3.54. The van der Waals surface area contributed by atoms with Crippen LogP contribution in [0.4, 0.5) is 24.5 Å². The molecular weight excluding hydrogens is 401 g/mol. The summed E-state index contributed by atoms with van der Waals surface area (Å²) in [5, 5.41) is 0. The van der Waals surface area contributed by atoms with E-state index in [0.717, 1.165) is 16.7 Å². The molecule has 1 heterocycles. The molecule has 1 aliphatic heterocycles. The van der Waals surface area contributed by atoms with Gasteiger partial charge >= 0.3 is 0 Å². The highest BCUT2D eigenvalue weighted by Crippen LogP contribution is 2.37. The van der Waals surface area contributed by atoms with Gasteiger partial charge in [-0.2, -0.15) is 0 Å². The van der Waals surface area contributed by atoms with Gasteiger partial charge in [-0.15, -0.1) is 0 Å². The van der Waals surface area contributed by atoms with Gasteiger partial charge in [0.1, 0.15) is 17.3 Å². The number of halogens is 3. The quantitative estimate of drug-likeness (QED) is 0.445. The van der Waals surface area contributed by atoms with Crippen LogP contribution in [0.5, 0.6) is 5.75 Å². The van der Waals surface area contributed by atoms with Gasteiger partial charge in [0.25, 0.3) is 0 Å². The van der Waals surface area contributed by atoms with Crippen molar-refractivity contribution >= 4 is 17.3 Å². The van der Waals surface area contributed by atoms with E-state index < -0.39 is 11.6 Å². The highest BCUT2D eigenvalue weighted by atomic mass is 19.1. The van der Waals surface area contributed by atoms with E-state index in [1.54, 1.807) is 31.4 Å². The van der Waals surface area contributed by atoms with Crippen molar-refractivity contribution in [1.29, 1.82) is 0 Å². The SMILES string of the molecule is CCC1=CN=C1Oc1ccc(F)c(N(C)c2cc(-c3cccc(F)c3)ccc2C)c1F. The van der Waals surface area contributed by atoms with E-state index in [9.17, 15) is 8.78 Å². The minimum atomic E-state index is -0.817. The van der Waals surface area contributed by atoms with Crippen LogP contribution in [-0.2, 0) is 0 Å². The Bertz CT molecular complexity index is 1220. The molecule has 4 rings (SSSR count). The van der Waals surface area contributed by atoms with E-state index in [1.165, 1.54) is 29.2 Å². The zero-order chi connectivity index (χ0) is 22.1. The standard InChI is InChI=1S/C25H21F3N2O/c1-4-16-14-29-25(16)31-22-11-10-20(27)24(23(22)28)30(3)21-13-18(9-8-15(21)2)17-6-5-7-19(26)12-17/h5-14H,4H2,1-3H3. The molecule has 0 fully saturated rings. The minimum absolute atomic E-state index is 0.0972. The molecule has 0 aliphatic carbocycles. The summed E-state index contributed by atoms with van der Waals surface area (Å²) in [5.74, 6) is -1.65. The molecule has 0 atom stereocenters. The van der Waals surface area contributed by atoms with Crippen molar-refractivity contribution in [1.82, 2.24) is 0 Å². The molecular formula is C25H21F3N2O. The van der Waals surface area contributed by atoms with Crippen LogP contribution in [0.1, 0.15) is 18.9 Å². The third-order valence-electron chi connectivity index (χ3n) is 5.30. The maximum atomic E-state index is 15.3. The lowest BCUT2D eigenvalue weighted by molar-refractivity contribution is 0.479. The smallest absolute Gasteiger partial charge is 0.224 e. The molecule has 1 aliphatic rings. The second kappa shape index (κ2) is 8.30. The first kappa shape index (κ1) is 20.7. The zero-order valence-corrected chi connectivity index (χ0v) is 17.4. The van der Waals surface area contributed by atoms with E-state index in [-0.39, 0.29) is 17.3 Å². The largest absolute Gasteiger partial charge is 0.436 e. The fourth-order valence-electron chi connectivity index (χ4n) is 3.49. The predicted octanol–water partition coefficient (Wildman–Crippen LogP) is 6.93. The van der Waals surface area contributed by atoms with Crippen LogP contribution >= 0.6 is 0 Å². The topological polar surface area (TPSA) is 24.8 Å². The van der Waals surface area contributed by atoms with Gasteiger partial charge in [-0.1, -0.05) is 31.2 Å². The Morgan fingerprint density at radius 1 is 0.968 bits per heavy atom. The van der Waals surface area contributed by atoms with Crippen molar-refractivity contribution in [2.24, 2.45) is 4.99 Å². The lowest BCUT2D eigenvalue weighted by atomic mass is 10.0. The van der Waals surface area contributed by atoms with Crippen LogP contribution < -0.4 is 9.64 Å². The summed E-state index contributed by atoms with van der Waals surface area (Å²) in [6, 6.07) is 14.1. The summed E-state index contributed by atoms with van der Waals surface area (Å²) in [6.45, 7) is 3.79. The second-order valence-electron chi connectivity index (χ2n) is 7.32. The van der Waals surface area contributed by atoms with Crippen LogP contribution in [0.2, 0.25) is 0 Å². The number of anilines is 2. The van der Waals surface area contributed by atoms with Crippen LogP contribution in [0.25, 0.3) is 11.1 Å². The lowest BCUT2D eigenvalue weighted by Crippen LogP contribution is -2.19. The van der Waals surface area contributed by atoms with E-state index >= 15 is 4.39 Å². The van der Waals surface area contributed by atoms with E-state index in [1.807, 2.05) is 26.0 Å². The summed E-state index contributed by atoms with van der Waals surface area (Å²) in [4.78, 5) is 5.45. The summed E-state index contributed by atoms with van der Waals surface area (Å²) >= 11 is 0. The molecule has 31 heavy (non-hydrogen) atoms. The monoisotopic (exact) mass is 422 g/mol. The van der Waals surface area contributed by atoms with Crippen molar-refractivity contribution in [3.05, 3.63) is 89.4 Å². The van der Waals surface area contributed by atoms with E-state index in [4.69, 9.17) is 4.74 Å². The summed E-state index contributed by atoms with van der Waals surface area (Å²) < 4.78 is 49.3. The van der Waals surface area contributed by atoms with Gasteiger partial charge in [0, 0.05) is 24.5 Å². The Balaban J connectivity index is 1.72. The third-order valence-corrected chi connectivity index (χ3v) is 5.30. The highest BCUT2D eigenvalue weighted by molar-refractivity contribution is 5.99. The first-order valence-corrected chi connectivity index (χ1v) is 9.92. The van der Waals surface area contributed by atoms with Gasteiger partial charge in [0.15, 0.2) is 11.6 Å². The van der Waals surface area contributed by atoms with Crippen LogP contribution in [0.3, 0.4) is 0 Å². The maximum Gasteiger partial charge on any atom is 0.224 e. The molecule has 0 aromatic heterocycles. The molecule has 0 saturated heterocycles. The molecule has 3 aromatic carbocycles. The molecule has 3 aromatic rings. The number of nitrogens with zero attached hydrogens (tertiary/aromatic N) is 2. The van der Waals surface area contributed by atoms with Gasteiger partial charge < -0.3 is 9.64 Å².